The van der Waals surface area contributed by atoms with E-state index in [1.807, 2.05) is 13.0 Å². The van der Waals surface area contributed by atoms with Crippen molar-refractivity contribution in [2.45, 2.75) is 26.6 Å². The average Bonchev–Trinajstić information content (AvgIpc) is 2.09. The van der Waals surface area contributed by atoms with Gasteiger partial charge in [0, 0.05) is 4.47 Å². The highest BCUT2D eigenvalue weighted by atomic mass is 79.9. The summed E-state index contributed by atoms with van der Waals surface area (Å²) in [5, 5.41) is 0.806. The first-order valence-electron chi connectivity index (χ1n) is 4.98. The molecule has 0 atom stereocenters. The minimum absolute atomic E-state index is 0.195. The first-order chi connectivity index (χ1) is 6.86. The Bertz CT molecular complexity index is 360. The van der Waals surface area contributed by atoms with Crippen molar-refractivity contribution in [3.8, 4) is 5.75 Å². The van der Waals surface area contributed by atoms with Crippen LogP contribution in [-0.4, -0.2) is 14.7 Å². The lowest BCUT2D eigenvalue weighted by molar-refractivity contribution is 0.322. The van der Waals surface area contributed by atoms with E-state index in [0.717, 1.165) is 9.66 Å². The van der Waals surface area contributed by atoms with Gasteiger partial charge in [-0.25, -0.2) is 4.39 Å². The maximum atomic E-state index is 14.0. The zero-order valence-electron chi connectivity index (χ0n) is 9.53. The molecule has 0 aliphatic heterocycles. The molecule has 0 bridgehead atoms. The molecular weight excluding hydrogens is 275 g/mol. The summed E-state index contributed by atoms with van der Waals surface area (Å²) in [6.45, 7) is 8.70. The van der Waals surface area contributed by atoms with Gasteiger partial charge >= 0.3 is 0 Å². The van der Waals surface area contributed by atoms with Gasteiger partial charge in [-0.3, -0.25) is 0 Å². The topological polar surface area (TPSA) is 9.23 Å². The number of rotatable bonds is 3. The maximum absolute atomic E-state index is 14.0. The Hall–Kier alpha value is -0.353. The second-order valence-electron chi connectivity index (χ2n) is 4.45. The lowest BCUT2D eigenvalue weighted by Gasteiger charge is -2.19. The largest absolute Gasteiger partial charge is 0.491 e. The molecule has 0 fully saturated rings. The SMILES string of the molecule is CCOc1cc(Br)cc([Si](C)(C)C)c1F. The van der Waals surface area contributed by atoms with Gasteiger partial charge in [-0.15, -0.1) is 0 Å². The number of hydrogen-bond donors (Lipinski definition) is 0. The van der Waals surface area contributed by atoms with Crippen molar-refractivity contribution in [2.75, 3.05) is 6.61 Å². The van der Waals surface area contributed by atoms with Crippen LogP contribution in [0.1, 0.15) is 6.92 Å². The molecule has 0 aliphatic carbocycles. The molecule has 0 spiro atoms. The molecule has 1 nitrogen and oxygen atoms in total. The van der Waals surface area contributed by atoms with Crippen LogP contribution in [0.25, 0.3) is 0 Å². The van der Waals surface area contributed by atoms with Gasteiger partial charge in [0.15, 0.2) is 11.6 Å². The molecule has 1 aromatic rings. The van der Waals surface area contributed by atoms with Gasteiger partial charge in [0.05, 0.1) is 14.7 Å². The first-order valence-corrected chi connectivity index (χ1v) is 9.28. The second kappa shape index (κ2) is 4.66. The van der Waals surface area contributed by atoms with Crippen LogP contribution in [0, 0.1) is 5.82 Å². The maximum Gasteiger partial charge on any atom is 0.164 e. The van der Waals surface area contributed by atoms with Crippen molar-refractivity contribution in [1.29, 1.82) is 0 Å². The summed E-state index contributed by atoms with van der Waals surface area (Å²) in [6.07, 6.45) is 0. The molecule has 0 saturated carbocycles. The number of hydrogen-bond acceptors (Lipinski definition) is 1. The van der Waals surface area contributed by atoms with Gasteiger partial charge in [0.1, 0.15) is 0 Å². The van der Waals surface area contributed by atoms with Crippen LogP contribution in [0.15, 0.2) is 16.6 Å². The molecule has 1 aromatic carbocycles. The third-order valence-corrected chi connectivity index (χ3v) is 4.55. The summed E-state index contributed by atoms with van der Waals surface area (Å²) in [7, 11) is -1.65. The molecule has 4 heteroatoms. The van der Waals surface area contributed by atoms with Gasteiger partial charge in [0.25, 0.3) is 0 Å². The van der Waals surface area contributed by atoms with E-state index >= 15 is 0 Å². The third kappa shape index (κ3) is 3.05. The highest BCUT2D eigenvalue weighted by Crippen LogP contribution is 2.23. The first kappa shape index (κ1) is 12.7. The van der Waals surface area contributed by atoms with Crippen molar-refractivity contribution in [2.24, 2.45) is 0 Å². The van der Waals surface area contributed by atoms with Gasteiger partial charge in [-0.1, -0.05) is 35.6 Å². The summed E-state index contributed by atoms with van der Waals surface area (Å²) in [5.41, 5.74) is 0. The summed E-state index contributed by atoms with van der Waals surface area (Å²) in [5.74, 6) is 0.156. The Morgan fingerprint density at radius 1 is 1.33 bits per heavy atom. The standard InChI is InChI=1S/C11H16BrFOSi/c1-5-14-9-6-8(12)7-10(11(9)13)15(2,3)4/h6-7H,5H2,1-4H3. The molecule has 0 N–H and O–H groups in total. The number of ether oxygens (including phenoxy) is 1. The number of halogens is 2. The average molecular weight is 291 g/mol. The predicted octanol–water partition coefficient (Wildman–Crippen LogP) is 3.53. The van der Waals surface area contributed by atoms with Gasteiger partial charge < -0.3 is 4.74 Å². The molecule has 1 rings (SSSR count). The summed E-state index contributed by atoms with van der Waals surface area (Å²) >= 11 is 3.39. The van der Waals surface area contributed by atoms with Gasteiger partial charge in [0.2, 0.25) is 0 Å². The molecule has 0 unspecified atom stereocenters. The molecule has 0 aliphatic rings. The van der Waals surface area contributed by atoms with Crippen LogP contribution < -0.4 is 9.92 Å². The highest BCUT2D eigenvalue weighted by molar-refractivity contribution is 9.10. The number of benzene rings is 1. The van der Waals surface area contributed by atoms with Gasteiger partial charge in [-0.05, 0) is 24.2 Å². The minimum Gasteiger partial charge on any atom is -0.491 e. The highest BCUT2D eigenvalue weighted by Gasteiger charge is 2.23. The van der Waals surface area contributed by atoms with Gasteiger partial charge in [-0.2, -0.15) is 0 Å². The summed E-state index contributed by atoms with van der Waals surface area (Å²) < 4.78 is 20.2. The van der Waals surface area contributed by atoms with Crippen molar-refractivity contribution < 1.29 is 9.13 Å². The Balaban J connectivity index is 3.28. The normalized spacial score (nSPS) is 11.6. The zero-order chi connectivity index (χ0) is 11.6. The van der Waals surface area contributed by atoms with Crippen LogP contribution in [0.3, 0.4) is 0 Å². The van der Waals surface area contributed by atoms with Crippen molar-refractivity contribution in [3.05, 3.63) is 22.4 Å². The van der Waals surface area contributed by atoms with E-state index in [1.165, 1.54) is 0 Å². The lowest BCUT2D eigenvalue weighted by Crippen LogP contribution is -2.40. The molecule has 0 heterocycles. The lowest BCUT2D eigenvalue weighted by atomic mass is 10.3. The van der Waals surface area contributed by atoms with Crippen LogP contribution in [-0.2, 0) is 0 Å². The second-order valence-corrected chi connectivity index (χ2v) is 10.4. The van der Waals surface area contributed by atoms with Crippen LogP contribution in [0.4, 0.5) is 4.39 Å². The van der Waals surface area contributed by atoms with E-state index in [0.29, 0.717) is 12.4 Å². The van der Waals surface area contributed by atoms with E-state index in [4.69, 9.17) is 4.74 Å². The Morgan fingerprint density at radius 2 is 1.93 bits per heavy atom. The Labute approximate surface area is 99.8 Å². The quantitative estimate of drug-likeness (QED) is 0.774. The van der Waals surface area contributed by atoms with Crippen molar-refractivity contribution in [1.82, 2.24) is 0 Å². The van der Waals surface area contributed by atoms with E-state index in [9.17, 15) is 4.39 Å². The van der Waals surface area contributed by atoms with E-state index in [-0.39, 0.29) is 5.82 Å². The van der Waals surface area contributed by atoms with E-state index in [1.54, 1.807) is 6.07 Å². The van der Waals surface area contributed by atoms with E-state index < -0.39 is 8.07 Å². The summed E-state index contributed by atoms with van der Waals surface area (Å²) in [4.78, 5) is 0. The molecule has 0 aromatic heterocycles. The Kier molecular flexibility index (Phi) is 3.95. The monoisotopic (exact) mass is 290 g/mol. The van der Waals surface area contributed by atoms with Crippen LogP contribution >= 0.6 is 15.9 Å². The van der Waals surface area contributed by atoms with Crippen molar-refractivity contribution >= 4 is 29.2 Å². The fraction of sp³-hybridized carbons (Fsp3) is 0.455. The Morgan fingerprint density at radius 3 is 2.40 bits per heavy atom. The van der Waals surface area contributed by atoms with Crippen LogP contribution in [0.5, 0.6) is 5.75 Å². The molecule has 84 valence electrons. The molecule has 15 heavy (non-hydrogen) atoms. The third-order valence-electron chi connectivity index (χ3n) is 2.11. The minimum atomic E-state index is -1.65. The summed E-state index contributed by atoms with van der Waals surface area (Å²) in [6, 6.07) is 3.55. The molecule has 0 amide bonds. The predicted molar refractivity (Wildman–Crippen MR) is 68.2 cm³/mol. The smallest absolute Gasteiger partial charge is 0.164 e. The van der Waals surface area contributed by atoms with Crippen LogP contribution in [0.2, 0.25) is 19.6 Å². The molecular formula is C11H16BrFOSi. The van der Waals surface area contributed by atoms with E-state index in [2.05, 4.69) is 35.6 Å². The molecule has 0 radical (unpaired) electrons. The van der Waals surface area contributed by atoms with Crippen molar-refractivity contribution in [3.63, 3.8) is 0 Å². The fourth-order valence-electron chi connectivity index (χ4n) is 1.37. The zero-order valence-corrected chi connectivity index (χ0v) is 12.1. The fourth-order valence-corrected chi connectivity index (χ4v) is 3.39. The molecule has 0 saturated heterocycles.